The second-order valence-electron chi connectivity index (χ2n) is 4.59. The van der Waals surface area contributed by atoms with Crippen LogP contribution >= 0.6 is 11.3 Å². The van der Waals surface area contributed by atoms with Crippen LogP contribution < -0.4 is 0 Å². The Morgan fingerprint density at radius 3 is 2.74 bits per heavy atom. The van der Waals surface area contributed by atoms with Crippen LogP contribution in [-0.4, -0.2) is 4.98 Å². The van der Waals surface area contributed by atoms with Crippen molar-refractivity contribution >= 4 is 21.6 Å². The summed E-state index contributed by atoms with van der Waals surface area (Å²) in [6, 6.07) is 12.5. The molecule has 0 aliphatic rings. The van der Waals surface area contributed by atoms with Crippen molar-refractivity contribution in [3.8, 4) is 23.5 Å². The number of hydrogen-bond acceptors (Lipinski definition) is 2. The summed E-state index contributed by atoms with van der Waals surface area (Å²) in [5, 5.41) is 1.10. The topological polar surface area (TPSA) is 12.9 Å². The first-order valence-electron chi connectivity index (χ1n) is 6.12. The molecular formula is C17H13NS. The summed E-state index contributed by atoms with van der Waals surface area (Å²) >= 11 is 1.73. The van der Waals surface area contributed by atoms with Crippen molar-refractivity contribution in [1.29, 1.82) is 0 Å². The van der Waals surface area contributed by atoms with Crippen LogP contribution in [-0.2, 0) is 0 Å². The van der Waals surface area contributed by atoms with E-state index < -0.39 is 0 Å². The Hall–Kier alpha value is -2.11. The van der Waals surface area contributed by atoms with Crippen molar-refractivity contribution in [1.82, 2.24) is 4.98 Å². The van der Waals surface area contributed by atoms with Crippen LogP contribution in [0.3, 0.4) is 0 Å². The molecule has 0 fully saturated rings. The van der Waals surface area contributed by atoms with Gasteiger partial charge in [-0.2, -0.15) is 0 Å². The van der Waals surface area contributed by atoms with Crippen molar-refractivity contribution in [2.24, 2.45) is 0 Å². The maximum Gasteiger partial charge on any atom is 0.0907 e. The van der Waals surface area contributed by atoms with Crippen molar-refractivity contribution in [3.05, 3.63) is 52.5 Å². The smallest absolute Gasteiger partial charge is 0.0907 e. The van der Waals surface area contributed by atoms with Crippen LogP contribution in [0.15, 0.2) is 36.4 Å². The zero-order valence-corrected chi connectivity index (χ0v) is 11.7. The lowest BCUT2D eigenvalue weighted by Crippen LogP contribution is -1.85. The normalized spacial score (nSPS) is 10.6. The van der Waals surface area contributed by atoms with Gasteiger partial charge in [0.15, 0.2) is 0 Å². The first kappa shape index (κ1) is 12.0. The van der Waals surface area contributed by atoms with Crippen LogP contribution in [0, 0.1) is 26.2 Å². The number of thiazole rings is 1. The number of aryl methyl sites for hydroxylation is 2. The predicted octanol–water partition coefficient (Wildman–Crippen LogP) is 4.56. The number of rotatable bonds is 1. The lowest BCUT2D eigenvalue weighted by atomic mass is 9.98. The Kier molecular flexibility index (Phi) is 2.85. The molecule has 1 nitrogen and oxygen atoms in total. The van der Waals surface area contributed by atoms with E-state index in [1.165, 1.54) is 21.4 Å². The van der Waals surface area contributed by atoms with E-state index in [4.69, 9.17) is 6.42 Å². The molecule has 0 aliphatic carbocycles. The fraction of sp³-hybridized carbons (Fsp3) is 0.118. The second kappa shape index (κ2) is 4.53. The van der Waals surface area contributed by atoms with E-state index in [0.717, 1.165) is 16.1 Å². The first-order chi connectivity index (χ1) is 9.17. The van der Waals surface area contributed by atoms with Crippen LogP contribution in [0.2, 0.25) is 0 Å². The number of nitrogens with zero attached hydrogens (tertiary/aromatic N) is 1. The van der Waals surface area contributed by atoms with E-state index in [0.29, 0.717) is 0 Å². The summed E-state index contributed by atoms with van der Waals surface area (Å²) < 4.78 is 1.22. The number of benzene rings is 2. The van der Waals surface area contributed by atoms with Gasteiger partial charge in [-0.25, -0.2) is 4.98 Å². The minimum atomic E-state index is 0.918. The van der Waals surface area contributed by atoms with E-state index in [9.17, 15) is 0 Å². The quantitative estimate of drug-likeness (QED) is 0.586. The third kappa shape index (κ3) is 2.14. The van der Waals surface area contributed by atoms with Gasteiger partial charge in [-0.3, -0.25) is 0 Å². The van der Waals surface area contributed by atoms with Gasteiger partial charge in [0.2, 0.25) is 0 Å². The standard InChI is InChI=1S/C17H13NS/c1-4-13-6-5-11(2)15(9-13)14-7-8-16-17(10-14)19-12(3)18-16/h1,5-10H,2-3H3. The lowest BCUT2D eigenvalue weighted by molar-refractivity contribution is 1.35. The largest absolute Gasteiger partial charge is 0.242 e. The summed E-state index contributed by atoms with van der Waals surface area (Å²) in [4.78, 5) is 4.49. The number of hydrogen-bond donors (Lipinski definition) is 0. The van der Waals surface area contributed by atoms with Crippen LogP contribution in [0.1, 0.15) is 16.1 Å². The van der Waals surface area contributed by atoms with Crippen LogP contribution in [0.5, 0.6) is 0 Å². The van der Waals surface area contributed by atoms with Gasteiger partial charge in [0, 0.05) is 5.56 Å². The Labute approximate surface area is 116 Å². The molecule has 0 atom stereocenters. The van der Waals surface area contributed by atoms with Gasteiger partial charge in [-0.1, -0.05) is 18.1 Å². The lowest BCUT2D eigenvalue weighted by Gasteiger charge is -2.07. The van der Waals surface area contributed by atoms with Crippen LogP contribution in [0.25, 0.3) is 21.3 Å². The fourth-order valence-electron chi connectivity index (χ4n) is 2.23. The van der Waals surface area contributed by atoms with Crippen molar-refractivity contribution in [2.75, 3.05) is 0 Å². The van der Waals surface area contributed by atoms with Gasteiger partial charge in [0.05, 0.1) is 15.2 Å². The second-order valence-corrected chi connectivity index (χ2v) is 5.82. The van der Waals surface area contributed by atoms with Crippen molar-refractivity contribution < 1.29 is 0 Å². The molecule has 0 radical (unpaired) electrons. The minimum absolute atomic E-state index is 0.918. The highest BCUT2D eigenvalue weighted by Crippen LogP contribution is 2.30. The van der Waals surface area contributed by atoms with E-state index in [2.05, 4.69) is 48.2 Å². The molecule has 2 heteroatoms. The van der Waals surface area contributed by atoms with Gasteiger partial charge in [-0.15, -0.1) is 17.8 Å². The molecule has 0 amide bonds. The molecule has 19 heavy (non-hydrogen) atoms. The number of terminal acetylenes is 1. The zero-order valence-electron chi connectivity index (χ0n) is 10.9. The minimum Gasteiger partial charge on any atom is -0.242 e. The van der Waals surface area contributed by atoms with E-state index in [1.54, 1.807) is 11.3 Å². The Morgan fingerprint density at radius 1 is 1.11 bits per heavy atom. The summed E-state index contributed by atoms with van der Waals surface area (Å²) in [7, 11) is 0. The highest BCUT2D eigenvalue weighted by Gasteiger charge is 2.06. The maximum atomic E-state index is 5.48. The fourth-order valence-corrected chi connectivity index (χ4v) is 3.10. The first-order valence-corrected chi connectivity index (χ1v) is 6.94. The SMILES string of the molecule is C#Cc1ccc(C)c(-c2ccc3nc(C)sc3c2)c1. The Morgan fingerprint density at radius 2 is 1.95 bits per heavy atom. The van der Waals surface area contributed by atoms with Crippen molar-refractivity contribution in [3.63, 3.8) is 0 Å². The molecule has 2 aromatic carbocycles. The van der Waals surface area contributed by atoms with Gasteiger partial charge in [0.25, 0.3) is 0 Å². The Bertz CT molecular complexity index is 806. The highest BCUT2D eigenvalue weighted by molar-refractivity contribution is 7.18. The van der Waals surface area contributed by atoms with Gasteiger partial charge < -0.3 is 0 Å². The molecule has 3 aromatic rings. The monoisotopic (exact) mass is 263 g/mol. The maximum absolute atomic E-state index is 5.48. The zero-order chi connectivity index (χ0) is 13.4. The summed E-state index contributed by atoms with van der Waals surface area (Å²) in [5.74, 6) is 2.70. The molecule has 0 N–H and O–H groups in total. The average molecular weight is 263 g/mol. The third-order valence-electron chi connectivity index (χ3n) is 3.21. The molecule has 92 valence electrons. The number of aromatic nitrogens is 1. The van der Waals surface area contributed by atoms with E-state index >= 15 is 0 Å². The summed E-state index contributed by atoms with van der Waals surface area (Å²) in [5.41, 5.74) is 5.62. The summed E-state index contributed by atoms with van der Waals surface area (Å²) in [6.45, 7) is 4.15. The average Bonchev–Trinajstić information content (AvgIpc) is 2.78. The number of fused-ring (bicyclic) bond motifs is 1. The molecule has 1 aromatic heterocycles. The van der Waals surface area contributed by atoms with Gasteiger partial charge in [-0.05, 0) is 54.8 Å². The highest BCUT2D eigenvalue weighted by atomic mass is 32.1. The van der Waals surface area contributed by atoms with E-state index in [1.807, 2.05) is 13.0 Å². The summed E-state index contributed by atoms with van der Waals surface area (Å²) in [6.07, 6.45) is 5.48. The molecule has 0 spiro atoms. The van der Waals surface area contributed by atoms with Crippen molar-refractivity contribution in [2.45, 2.75) is 13.8 Å². The van der Waals surface area contributed by atoms with Gasteiger partial charge in [0.1, 0.15) is 0 Å². The molecule has 0 aliphatic heterocycles. The third-order valence-corrected chi connectivity index (χ3v) is 4.14. The van der Waals surface area contributed by atoms with E-state index in [-0.39, 0.29) is 0 Å². The Balaban J connectivity index is 2.21. The molecule has 0 saturated heterocycles. The molecule has 0 unspecified atom stereocenters. The molecular weight excluding hydrogens is 250 g/mol. The molecule has 0 saturated carbocycles. The molecule has 1 heterocycles. The molecule has 3 rings (SSSR count). The predicted molar refractivity (Wildman–Crippen MR) is 82.5 cm³/mol. The van der Waals surface area contributed by atoms with Crippen LogP contribution in [0.4, 0.5) is 0 Å². The molecule has 0 bridgehead atoms. The van der Waals surface area contributed by atoms with Gasteiger partial charge >= 0.3 is 0 Å².